The fraction of sp³-hybridized carbons (Fsp3) is 0.619. The maximum absolute atomic E-state index is 13.4. The normalized spacial score (nSPS) is 19.3. The van der Waals surface area contributed by atoms with E-state index in [-0.39, 0.29) is 41.1 Å². The first-order chi connectivity index (χ1) is 13.0. The molecule has 28 heavy (non-hydrogen) atoms. The number of amides is 1. The summed E-state index contributed by atoms with van der Waals surface area (Å²) in [5.74, 6) is 0.874. The van der Waals surface area contributed by atoms with Crippen LogP contribution in [0.4, 0.5) is 4.39 Å². The zero-order chi connectivity index (χ0) is 19.3. The van der Waals surface area contributed by atoms with Crippen LogP contribution >= 0.6 is 24.0 Å². The molecule has 1 heterocycles. The smallest absolute Gasteiger partial charge is 0.219 e. The van der Waals surface area contributed by atoms with Crippen LogP contribution in [0.5, 0.6) is 0 Å². The summed E-state index contributed by atoms with van der Waals surface area (Å²) in [6, 6.07) is 6.97. The zero-order valence-corrected chi connectivity index (χ0v) is 19.2. The van der Waals surface area contributed by atoms with E-state index in [1.165, 1.54) is 18.4 Å². The standard InChI is InChI=1S/C21H31FN4O.HI/c1-3-23-20(26-14-12-25(13-15-26)17(2)27)24-16-21(10-4-5-11-21)18-6-8-19(22)9-7-18;/h6-9H,3-5,10-16H2,1-2H3,(H,23,24);1H. The molecule has 156 valence electrons. The van der Waals surface area contributed by atoms with Crippen molar-refractivity contribution in [3.8, 4) is 0 Å². The maximum Gasteiger partial charge on any atom is 0.219 e. The van der Waals surface area contributed by atoms with Crippen molar-refractivity contribution in [3.05, 3.63) is 35.6 Å². The molecule has 0 bridgehead atoms. The minimum atomic E-state index is -0.188. The van der Waals surface area contributed by atoms with Gasteiger partial charge in [-0.15, -0.1) is 24.0 Å². The van der Waals surface area contributed by atoms with Crippen molar-refractivity contribution in [3.63, 3.8) is 0 Å². The number of nitrogens with one attached hydrogen (secondary N) is 1. The molecule has 0 unspecified atom stereocenters. The van der Waals surface area contributed by atoms with Crippen LogP contribution in [0.3, 0.4) is 0 Å². The summed E-state index contributed by atoms with van der Waals surface area (Å²) in [5, 5.41) is 3.41. The quantitative estimate of drug-likeness (QED) is 0.390. The van der Waals surface area contributed by atoms with Crippen molar-refractivity contribution in [2.75, 3.05) is 39.3 Å². The van der Waals surface area contributed by atoms with Gasteiger partial charge in [0.25, 0.3) is 0 Å². The molecule has 0 aromatic heterocycles. The van der Waals surface area contributed by atoms with E-state index in [1.807, 2.05) is 17.0 Å². The van der Waals surface area contributed by atoms with E-state index in [4.69, 9.17) is 4.99 Å². The van der Waals surface area contributed by atoms with Gasteiger partial charge in [-0.3, -0.25) is 9.79 Å². The van der Waals surface area contributed by atoms with Crippen LogP contribution < -0.4 is 5.32 Å². The number of hydrogen-bond acceptors (Lipinski definition) is 2. The van der Waals surface area contributed by atoms with Gasteiger partial charge in [0.2, 0.25) is 5.91 Å². The molecule has 1 aromatic carbocycles. The minimum absolute atomic E-state index is 0. The summed E-state index contributed by atoms with van der Waals surface area (Å²) >= 11 is 0. The molecule has 0 spiro atoms. The highest BCUT2D eigenvalue weighted by atomic mass is 127. The molecule has 2 aliphatic rings. The number of hydrogen-bond donors (Lipinski definition) is 1. The highest BCUT2D eigenvalue weighted by molar-refractivity contribution is 14.0. The first-order valence-electron chi connectivity index (χ1n) is 10.1. The number of aliphatic imine (C=N–C) groups is 1. The number of carbonyl (C=O) groups excluding carboxylic acids is 1. The van der Waals surface area contributed by atoms with Gasteiger partial charge in [-0.2, -0.15) is 0 Å². The van der Waals surface area contributed by atoms with Gasteiger partial charge in [0.1, 0.15) is 5.82 Å². The molecule has 0 atom stereocenters. The van der Waals surface area contributed by atoms with E-state index in [0.29, 0.717) is 6.54 Å². The highest BCUT2D eigenvalue weighted by Crippen LogP contribution is 2.41. The molecule has 0 radical (unpaired) electrons. The van der Waals surface area contributed by atoms with E-state index in [2.05, 4.69) is 17.1 Å². The van der Waals surface area contributed by atoms with Crippen molar-refractivity contribution < 1.29 is 9.18 Å². The topological polar surface area (TPSA) is 47.9 Å². The van der Waals surface area contributed by atoms with Crippen molar-refractivity contribution in [2.24, 2.45) is 4.99 Å². The molecular formula is C21H32FIN4O. The Morgan fingerprint density at radius 3 is 2.21 bits per heavy atom. The Hall–Kier alpha value is -1.38. The molecule has 7 heteroatoms. The van der Waals surface area contributed by atoms with E-state index >= 15 is 0 Å². The van der Waals surface area contributed by atoms with Crippen LogP contribution in [-0.2, 0) is 10.2 Å². The lowest BCUT2D eigenvalue weighted by Crippen LogP contribution is -2.53. The Kier molecular flexibility index (Phi) is 8.52. The van der Waals surface area contributed by atoms with E-state index < -0.39 is 0 Å². The molecule has 1 saturated carbocycles. The number of piperazine rings is 1. The van der Waals surface area contributed by atoms with Gasteiger partial charge in [-0.05, 0) is 37.5 Å². The second kappa shape index (κ2) is 10.4. The van der Waals surface area contributed by atoms with Crippen LogP contribution in [0, 0.1) is 5.82 Å². The summed E-state index contributed by atoms with van der Waals surface area (Å²) in [5.41, 5.74) is 1.21. The molecule has 1 aromatic rings. The van der Waals surface area contributed by atoms with Gasteiger partial charge in [0, 0.05) is 45.1 Å². The van der Waals surface area contributed by atoms with Crippen LogP contribution in [0.1, 0.15) is 45.1 Å². The first-order valence-corrected chi connectivity index (χ1v) is 10.1. The average molecular weight is 502 g/mol. The molecule has 1 saturated heterocycles. The summed E-state index contributed by atoms with van der Waals surface area (Å²) in [6.45, 7) is 8.31. The molecule has 2 fully saturated rings. The molecule has 1 amide bonds. The summed E-state index contributed by atoms with van der Waals surface area (Å²) < 4.78 is 13.4. The maximum atomic E-state index is 13.4. The predicted molar refractivity (Wildman–Crippen MR) is 122 cm³/mol. The number of rotatable bonds is 4. The van der Waals surface area contributed by atoms with Crippen molar-refractivity contribution in [2.45, 2.75) is 44.9 Å². The Labute approximate surface area is 184 Å². The summed E-state index contributed by atoms with van der Waals surface area (Å²) in [7, 11) is 0. The van der Waals surface area contributed by atoms with Crippen molar-refractivity contribution in [1.29, 1.82) is 0 Å². The molecular weight excluding hydrogens is 470 g/mol. The number of guanidine groups is 1. The minimum Gasteiger partial charge on any atom is -0.357 e. The lowest BCUT2D eigenvalue weighted by molar-refractivity contribution is -0.130. The third-order valence-corrected chi connectivity index (χ3v) is 5.91. The fourth-order valence-electron chi connectivity index (χ4n) is 4.28. The zero-order valence-electron chi connectivity index (χ0n) is 16.9. The number of halogens is 2. The molecule has 1 aliphatic heterocycles. The molecule has 3 rings (SSSR count). The molecule has 1 aliphatic carbocycles. The Bertz CT molecular complexity index is 665. The largest absolute Gasteiger partial charge is 0.357 e. The number of nitrogens with zero attached hydrogens (tertiary/aromatic N) is 3. The number of carbonyl (C=O) groups is 1. The van der Waals surface area contributed by atoms with E-state index in [9.17, 15) is 9.18 Å². The lowest BCUT2D eigenvalue weighted by atomic mass is 9.79. The van der Waals surface area contributed by atoms with E-state index in [1.54, 1.807) is 19.1 Å². The summed E-state index contributed by atoms with van der Waals surface area (Å²) in [6.07, 6.45) is 4.58. The van der Waals surface area contributed by atoms with Crippen LogP contribution in [0.2, 0.25) is 0 Å². The summed E-state index contributed by atoms with van der Waals surface area (Å²) in [4.78, 5) is 20.7. The van der Waals surface area contributed by atoms with Gasteiger partial charge in [-0.25, -0.2) is 4.39 Å². The Balaban J connectivity index is 0.00000280. The highest BCUT2D eigenvalue weighted by Gasteiger charge is 2.36. The van der Waals surface area contributed by atoms with Gasteiger partial charge in [0.15, 0.2) is 5.96 Å². The lowest BCUT2D eigenvalue weighted by Gasteiger charge is -2.36. The van der Waals surface area contributed by atoms with Gasteiger partial charge in [-0.1, -0.05) is 25.0 Å². The average Bonchev–Trinajstić information content (AvgIpc) is 3.16. The first kappa shape index (κ1) is 22.9. The Morgan fingerprint density at radius 1 is 1.11 bits per heavy atom. The van der Waals surface area contributed by atoms with Crippen molar-refractivity contribution in [1.82, 2.24) is 15.1 Å². The van der Waals surface area contributed by atoms with Gasteiger partial charge >= 0.3 is 0 Å². The second-order valence-electron chi connectivity index (χ2n) is 7.66. The van der Waals surface area contributed by atoms with Crippen LogP contribution in [0.15, 0.2) is 29.3 Å². The number of benzene rings is 1. The van der Waals surface area contributed by atoms with Crippen LogP contribution in [-0.4, -0.2) is 60.9 Å². The Morgan fingerprint density at radius 2 is 1.68 bits per heavy atom. The van der Waals surface area contributed by atoms with Crippen molar-refractivity contribution >= 4 is 35.8 Å². The van der Waals surface area contributed by atoms with Gasteiger partial charge in [0.05, 0.1) is 6.54 Å². The van der Waals surface area contributed by atoms with Gasteiger partial charge < -0.3 is 15.1 Å². The predicted octanol–water partition coefficient (Wildman–Crippen LogP) is 3.39. The second-order valence-corrected chi connectivity index (χ2v) is 7.66. The monoisotopic (exact) mass is 502 g/mol. The van der Waals surface area contributed by atoms with E-state index in [0.717, 1.165) is 51.5 Å². The fourth-order valence-corrected chi connectivity index (χ4v) is 4.28. The molecule has 5 nitrogen and oxygen atoms in total. The van der Waals surface area contributed by atoms with Crippen LogP contribution in [0.25, 0.3) is 0 Å². The SMILES string of the molecule is CCNC(=NCC1(c2ccc(F)cc2)CCCC1)N1CCN(C(C)=O)CC1.I. The molecule has 1 N–H and O–H groups in total. The third-order valence-electron chi connectivity index (χ3n) is 5.91. The third kappa shape index (κ3) is 5.36.